The van der Waals surface area contributed by atoms with E-state index in [1.807, 2.05) is 32.9 Å². The van der Waals surface area contributed by atoms with Gasteiger partial charge in [-0.3, -0.25) is 4.79 Å². The third-order valence-corrected chi connectivity index (χ3v) is 2.16. The second kappa shape index (κ2) is 4.89. The second-order valence-corrected chi connectivity index (χ2v) is 3.92. The van der Waals surface area contributed by atoms with Crippen molar-refractivity contribution in [2.24, 2.45) is 11.7 Å². The minimum absolute atomic E-state index is 0.120. The zero-order valence-corrected chi connectivity index (χ0v) is 9.32. The molecule has 4 nitrogen and oxygen atoms in total. The van der Waals surface area contributed by atoms with E-state index >= 15 is 0 Å². The minimum Gasteiger partial charge on any atom is -0.320 e. The normalized spacial score (nSPS) is 12.6. The molecular formula is C11H17N3O. The number of hydrogen-bond acceptors (Lipinski definition) is 3. The highest BCUT2D eigenvalue weighted by molar-refractivity contribution is 5.94. The third-order valence-electron chi connectivity index (χ3n) is 2.16. The maximum Gasteiger partial charge on any atom is 0.242 e. The van der Waals surface area contributed by atoms with Crippen LogP contribution in [0.1, 0.15) is 19.5 Å². The molecule has 3 N–H and O–H groups in total. The van der Waals surface area contributed by atoms with Crippen molar-refractivity contribution in [3.63, 3.8) is 0 Å². The van der Waals surface area contributed by atoms with Crippen molar-refractivity contribution in [2.45, 2.75) is 26.8 Å². The van der Waals surface area contributed by atoms with Crippen molar-refractivity contribution in [2.75, 3.05) is 5.32 Å². The highest BCUT2D eigenvalue weighted by Gasteiger charge is 2.17. The Kier molecular flexibility index (Phi) is 3.80. The highest BCUT2D eigenvalue weighted by atomic mass is 16.2. The van der Waals surface area contributed by atoms with Gasteiger partial charge in [-0.1, -0.05) is 19.9 Å². The van der Waals surface area contributed by atoms with E-state index in [2.05, 4.69) is 10.3 Å². The smallest absolute Gasteiger partial charge is 0.242 e. The molecule has 4 heteroatoms. The summed E-state index contributed by atoms with van der Waals surface area (Å²) in [4.78, 5) is 15.8. The number of amides is 1. The summed E-state index contributed by atoms with van der Waals surface area (Å²) < 4.78 is 0. The molecule has 0 aliphatic heterocycles. The molecule has 1 aromatic heterocycles. The van der Waals surface area contributed by atoms with Gasteiger partial charge in [0.2, 0.25) is 5.91 Å². The van der Waals surface area contributed by atoms with Gasteiger partial charge >= 0.3 is 0 Å². The fourth-order valence-electron chi connectivity index (χ4n) is 1.12. The quantitative estimate of drug-likeness (QED) is 0.785. The Morgan fingerprint density at radius 1 is 1.47 bits per heavy atom. The lowest BCUT2D eigenvalue weighted by Crippen LogP contribution is -2.39. The first-order valence-corrected chi connectivity index (χ1v) is 5.01. The van der Waals surface area contributed by atoms with Crippen molar-refractivity contribution >= 4 is 11.7 Å². The Hall–Kier alpha value is -1.42. The van der Waals surface area contributed by atoms with Gasteiger partial charge in [0.25, 0.3) is 0 Å². The van der Waals surface area contributed by atoms with E-state index in [0.29, 0.717) is 5.82 Å². The fraction of sp³-hybridized carbons (Fsp3) is 0.455. The zero-order valence-electron chi connectivity index (χ0n) is 9.32. The summed E-state index contributed by atoms with van der Waals surface area (Å²) in [5.74, 6) is 0.481. The van der Waals surface area contributed by atoms with E-state index in [4.69, 9.17) is 5.73 Å². The lowest BCUT2D eigenvalue weighted by atomic mass is 10.1. The second-order valence-electron chi connectivity index (χ2n) is 3.92. The molecule has 0 aromatic carbocycles. The summed E-state index contributed by atoms with van der Waals surface area (Å²) in [6.45, 7) is 5.69. The molecule has 1 aromatic rings. The number of nitrogens with zero attached hydrogens (tertiary/aromatic N) is 1. The standard InChI is InChI=1S/C11H17N3O/c1-7(2)10(12)11(15)14-9-6-4-5-8(3)13-9/h4-7,10H,12H2,1-3H3,(H,13,14,15)/t10-/m0/s1. The van der Waals surface area contributed by atoms with E-state index in [-0.39, 0.29) is 11.8 Å². The number of carbonyl (C=O) groups excluding carboxylic acids is 1. The Morgan fingerprint density at radius 3 is 2.67 bits per heavy atom. The zero-order chi connectivity index (χ0) is 11.4. The van der Waals surface area contributed by atoms with Crippen LogP contribution < -0.4 is 11.1 Å². The van der Waals surface area contributed by atoms with Crippen LogP contribution in [0.25, 0.3) is 0 Å². The SMILES string of the molecule is Cc1cccc(NC(=O)[C@@H](N)C(C)C)n1. The maximum atomic E-state index is 11.6. The van der Waals surface area contributed by atoms with Gasteiger partial charge < -0.3 is 11.1 Å². The molecule has 0 radical (unpaired) electrons. The highest BCUT2D eigenvalue weighted by Crippen LogP contribution is 2.06. The predicted octanol–water partition coefficient (Wildman–Crippen LogP) is 1.31. The van der Waals surface area contributed by atoms with Crippen molar-refractivity contribution in [1.29, 1.82) is 0 Å². The van der Waals surface area contributed by atoms with Gasteiger partial charge in [-0.25, -0.2) is 4.98 Å². The number of aryl methyl sites for hydroxylation is 1. The van der Waals surface area contributed by atoms with Gasteiger partial charge in [-0.05, 0) is 25.0 Å². The summed E-state index contributed by atoms with van der Waals surface area (Å²) >= 11 is 0. The number of carbonyl (C=O) groups is 1. The van der Waals surface area contributed by atoms with Gasteiger partial charge in [0.15, 0.2) is 0 Å². The fourth-order valence-corrected chi connectivity index (χ4v) is 1.12. The minimum atomic E-state index is -0.493. The van der Waals surface area contributed by atoms with Crippen molar-refractivity contribution < 1.29 is 4.79 Å². The van der Waals surface area contributed by atoms with E-state index in [9.17, 15) is 4.79 Å². The molecule has 1 amide bonds. The number of aromatic nitrogens is 1. The van der Waals surface area contributed by atoms with Gasteiger partial charge in [-0.15, -0.1) is 0 Å². The van der Waals surface area contributed by atoms with Crippen LogP contribution in [-0.2, 0) is 4.79 Å². The van der Waals surface area contributed by atoms with Gasteiger partial charge in [0.1, 0.15) is 5.82 Å². The van der Waals surface area contributed by atoms with Crippen molar-refractivity contribution in [3.8, 4) is 0 Å². The lowest BCUT2D eigenvalue weighted by molar-refractivity contribution is -0.118. The van der Waals surface area contributed by atoms with E-state index in [1.54, 1.807) is 6.07 Å². The molecule has 0 saturated heterocycles. The largest absolute Gasteiger partial charge is 0.320 e. The van der Waals surface area contributed by atoms with Crippen LogP contribution in [0.4, 0.5) is 5.82 Å². The Morgan fingerprint density at radius 2 is 2.13 bits per heavy atom. The molecule has 15 heavy (non-hydrogen) atoms. The number of anilines is 1. The summed E-state index contributed by atoms with van der Waals surface area (Å²) in [6.07, 6.45) is 0. The molecule has 0 saturated carbocycles. The molecular weight excluding hydrogens is 190 g/mol. The van der Waals surface area contributed by atoms with Crippen LogP contribution in [0, 0.1) is 12.8 Å². The van der Waals surface area contributed by atoms with Gasteiger partial charge in [-0.2, -0.15) is 0 Å². The molecule has 0 spiro atoms. The van der Waals surface area contributed by atoms with Crippen LogP contribution in [0.2, 0.25) is 0 Å². The molecule has 1 atom stereocenters. The topological polar surface area (TPSA) is 68.0 Å². The summed E-state index contributed by atoms with van der Waals surface area (Å²) in [5, 5.41) is 2.69. The van der Waals surface area contributed by atoms with Crippen LogP contribution in [0.15, 0.2) is 18.2 Å². The number of rotatable bonds is 3. The van der Waals surface area contributed by atoms with Gasteiger partial charge in [0.05, 0.1) is 6.04 Å². The molecule has 0 aliphatic carbocycles. The molecule has 0 fully saturated rings. The predicted molar refractivity (Wildman–Crippen MR) is 60.4 cm³/mol. The first kappa shape index (κ1) is 11.7. The molecule has 1 heterocycles. The Balaban J connectivity index is 2.66. The lowest BCUT2D eigenvalue weighted by Gasteiger charge is -2.14. The molecule has 0 aliphatic rings. The van der Waals surface area contributed by atoms with Crippen LogP contribution in [0.5, 0.6) is 0 Å². The van der Waals surface area contributed by atoms with E-state index in [0.717, 1.165) is 5.69 Å². The summed E-state index contributed by atoms with van der Waals surface area (Å²) in [6, 6.07) is 4.97. The summed E-state index contributed by atoms with van der Waals surface area (Å²) in [7, 11) is 0. The Bertz CT molecular complexity index is 349. The molecule has 1 rings (SSSR count). The van der Waals surface area contributed by atoms with E-state index < -0.39 is 6.04 Å². The molecule has 0 unspecified atom stereocenters. The first-order valence-electron chi connectivity index (χ1n) is 5.01. The average Bonchev–Trinajstić information content (AvgIpc) is 2.16. The Labute approximate surface area is 89.9 Å². The third kappa shape index (κ3) is 3.32. The maximum absolute atomic E-state index is 11.6. The monoisotopic (exact) mass is 207 g/mol. The van der Waals surface area contributed by atoms with Crippen LogP contribution in [-0.4, -0.2) is 16.9 Å². The number of nitrogens with two attached hydrogens (primary N) is 1. The van der Waals surface area contributed by atoms with Crippen molar-refractivity contribution in [3.05, 3.63) is 23.9 Å². The first-order chi connectivity index (χ1) is 7.00. The van der Waals surface area contributed by atoms with Crippen LogP contribution >= 0.6 is 0 Å². The average molecular weight is 207 g/mol. The number of pyridine rings is 1. The molecule has 0 bridgehead atoms. The summed E-state index contributed by atoms with van der Waals surface area (Å²) in [5.41, 5.74) is 6.57. The van der Waals surface area contributed by atoms with Gasteiger partial charge in [0, 0.05) is 5.69 Å². The number of nitrogens with one attached hydrogen (secondary N) is 1. The van der Waals surface area contributed by atoms with Crippen molar-refractivity contribution in [1.82, 2.24) is 4.98 Å². The molecule has 82 valence electrons. The van der Waals surface area contributed by atoms with E-state index in [1.165, 1.54) is 0 Å². The van der Waals surface area contributed by atoms with Crippen LogP contribution in [0.3, 0.4) is 0 Å². The number of hydrogen-bond donors (Lipinski definition) is 2.